The third-order valence-electron chi connectivity index (χ3n) is 2.97. The van der Waals surface area contributed by atoms with Gasteiger partial charge in [0.2, 0.25) is 0 Å². The van der Waals surface area contributed by atoms with Crippen LogP contribution in [0.15, 0.2) is 22.7 Å². The Kier molecular flexibility index (Phi) is 7.47. The molecule has 0 aromatic heterocycles. The van der Waals surface area contributed by atoms with Crippen LogP contribution in [0.4, 0.5) is 4.39 Å². The fourth-order valence-corrected chi connectivity index (χ4v) is 2.43. The van der Waals surface area contributed by atoms with E-state index in [9.17, 15) is 4.39 Å². The van der Waals surface area contributed by atoms with E-state index in [2.05, 4.69) is 40.0 Å². The van der Waals surface area contributed by atoms with Gasteiger partial charge in [0.15, 0.2) is 0 Å². The van der Waals surface area contributed by atoms with Gasteiger partial charge in [0.25, 0.3) is 0 Å². The minimum absolute atomic E-state index is 0.190. The van der Waals surface area contributed by atoms with Gasteiger partial charge in [-0.2, -0.15) is 0 Å². The van der Waals surface area contributed by atoms with E-state index >= 15 is 0 Å². The lowest BCUT2D eigenvalue weighted by atomic mass is 10.2. The lowest BCUT2D eigenvalue weighted by molar-refractivity contribution is 0.298. The Hall–Kier alpha value is -0.450. The SMILES string of the molecule is CCN(CC)CCCNCc1cc(F)cc(Br)c1. The van der Waals surface area contributed by atoms with Gasteiger partial charge in [0.1, 0.15) is 5.82 Å². The van der Waals surface area contributed by atoms with Crippen molar-refractivity contribution >= 4 is 15.9 Å². The number of rotatable bonds is 8. The fraction of sp³-hybridized carbons (Fsp3) is 0.571. The predicted molar refractivity (Wildman–Crippen MR) is 78.2 cm³/mol. The number of nitrogens with one attached hydrogen (secondary N) is 1. The summed E-state index contributed by atoms with van der Waals surface area (Å²) in [5.41, 5.74) is 0.977. The molecule has 18 heavy (non-hydrogen) atoms. The molecule has 4 heteroatoms. The summed E-state index contributed by atoms with van der Waals surface area (Å²) in [6.07, 6.45) is 1.12. The summed E-state index contributed by atoms with van der Waals surface area (Å²) in [5, 5.41) is 3.35. The van der Waals surface area contributed by atoms with Crippen molar-refractivity contribution in [2.45, 2.75) is 26.8 Å². The molecule has 1 N–H and O–H groups in total. The Balaban J connectivity index is 2.21. The topological polar surface area (TPSA) is 15.3 Å². The van der Waals surface area contributed by atoms with Crippen LogP contribution in [0.2, 0.25) is 0 Å². The first-order valence-corrected chi connectivity index (χ1v) is 7.33. The summed E-state index contributed by atoms with van der Waals surface area (Å²) >= 11 is 3.30. The molecule has 1 aromatic rings. The molecule has 0 aliphatic carbocycles. The zero-order chi connectivity index (χ0) is 13.4. The first-order valence-electron chi connectivity index (χ1n) is 6.53. The Labute approximate surface area is 118 Å². The van der Waals surface area contributed by atoms with Crippen LogP contribution in [-0.2, 0) is 6.54 Å². The molecule has 0 saturated heterocycles. The van der Waals surface area contributed by atoms with Gasteiger partial charge in [-0.15, -0.1) is 0 Å². The van der Waals surface area contributed by atoms with E-state index in [-0.39, 0.29) is 5.82 Å². The first-order chi connectivity index (χ1) is 8.65. The van der Waals surface area contributed by atoms with Crippen LogP contribution in [0.25, 0.3) is 0 Å². The van der Waals surface area contributed by atoms with E-state index in [1.54, 1.807) is 6.07 Å². The highest BCUT2D eigenvalue weighted by Crippen LogP contribution is 2.14. The van der Waals surface area contributed by atoms with E-state index in [0.717, 1.165) is 42.6 Å². The van der Waals surface area contributed by atoms with E-state index < -0.39 is 0 Å². The highest BCUT2D eigenvalue weighted by atomic mass is 79.9. The van der Waals surface area contributed by atoms with Gasteiger partial charge in [-0.1, -0.05) is 29.8 Å². The molecule has 0 atom stereocenters. The minimum Gasteiger partial charge on any atom is -0.313 e. The summed E-state index contributed by atoms with van der Waals surface area (Å²) in [6, 6.07) is 4.99. The molecule has 102 valence electrons. The summed E-state index contributed by atoms with van der Waals surface area (Å²) < 4.78 is 13.9. The minimum atomic E-state index is -0.190. The van der Waals surface area contributed by atoms with Crippen LogP contribution in [0.5, 0.6) is 0 Å². The second-order valence-corrected chi connectivity index (χ2v) is 5.25. The van der Waals surface area contributed by atoms with Crippen LogP contribution in [0, 0.1) is 5.82 Å². The number of hydrogen-bond donors (Lipinski definition) is 1. The normalized spacial score (nSPS) is 11.2. The average Bonchev–Trinajstić information content (AvgIpc) is 2.32. The Bertz CT molecular complexity index is 333. The molecule has 0 aliphatic rings. The number of hydrogen-bond acceptors (Lipinski definition) is 2. The number of halogens is 2. The van der Waals surface area contributed by atoms with E-state index in [4.69, 9.17) is 0 Å². The van der Waals surface area contributed by atoms with Crippen LogP contribution in [0.1, 0.15) is 25.8 Å². The zero-order valence-electron chi connectivity index (χ0n) is 11.2. The fourth-order valence-electron chi connectivity index (χ4n) is 1.91. The van der Waals surface area contributed by atoms with E-state index in [1.807, 2.05) is 6.07 Å². The van der Waals surface area contributed by atoms with E-state index in [1.165, 1.54) is 6.07 Å². The smallest absolute Gasteiger partial charge is 0.124 e. The predicted octanol–water partition coefficient (Wildman–Crippen LogP) is 3.41. The van der Waals surface area contributed by atoms with Crippen molar-refractivity contribution < 1.29 is 4.39 Å². The van der Waals surface area contributed by atoms with Gasteiger partial charge in [0, 0.05) is 11.0 Å². The molecular weight excluding hydrogens is 295 g/mol. The molecular formula is C14H22BrFN2. The maximum absolute atomic E-state index is 13.1. The summed E-state index contributed by atoms with van der Waals surface area (Å²) in [4.78, 5) is 2.40. The summed E-state index contributed by atoms with van der Waals surface area (Å²) in [6.45, 7) is 9.37. The largest absolute Gasteiger partial charge is 0.313 e. The number of benzene rings is 1. The quantitative estimate of drug-likeness (QED) is 0.739. The Morgan fingerprint density at radius 3 is 2.56 bits per heavy atom. The van der Waals surface area contributed by atoms with Crippen LogP contribution >= 0.6 is 15.9 Å². The molecule has 2 nitrogen and oxygen atoms in total. The van der Waals surface area contributed by atoms with Crippen molar-refractivity contribution in [2.75, 3.05) is 26.2 Å². The van der Waals surface area contributed by atoms with Crippen LogP contribution < -0.4 is 5.32 Å². The van der Waals surface area contributed by atoms with Gasteiger partial charge in [-0.3, -0.25) is 0 Å². The van der Waals surface area contributed by atoms with Crippen molar-refractivity contribution in [1.82, 2.24) is 10.2 Å². The highest BCUT2D eigenvalue weighted by molar-refractivity contribution is 9.10. The summed E-state index contributed by atoms with van der Waals surface area (Å²) in [7, 11) is 0. The zero-order valence-corrected chi connectivity index (χ0v) is 12.8. The first kappa shape index (κ1) is 15.6. The van der Waals surface area contributed by atoms with Crippen LogP contribution in [-0.4, -0.2) is 31.1 Å². The maximum atomic E-state index is 13.1. The molecule has 0 heterocycles. The molecule has 1 aromatic carbocycles. The lowest BCUT2D eigenvalue weighted by Crippen LogP contribution is -2.27. The monoisotopic (exact) mass is 316 g/mol. The summed E-state index contributed by atoms with van der Waals surface area (Å²) in [5.74, 6) is -0.190. The van der Waals surface area contributed by atoms with Gasteiger partial charge >= 0.3 is 0 Å². The van der Waals surface area contributed by atoms with Crippen molar-refractivity contribution in [2.24, 2.45) is 0 Å². The van der Waals surface area contributed by atoms with Gasteiger partial charge in [-0.25, -0.2) is 4.39 Å². The van der Waals surface area contributed by atoms with Gasteiger partial charge in [0.05, 0.1) is 0 Å². The van der Waals surface area contributed by atoms with Crippen molar-refractivity contribution in [1.29, 1.82) is 0 Å². The average molecular weight is 317 g/mol. The second kappa shape index (κ2) is 8.62. The highest BCUT2D eigenvalue weighted by Gasteiger charge is 2.00. The Morgan fingerprint density at radius 2 is 1.94 bits per heavy atom. The molecule has 0 amide bonds. The molecule has 0 radical (unpaired) electrons. The van der Waals surface area contributed by atoms with Gasteiger partial charge < -0.3 is 10.2 Å². The molecule has 1 rings (SSSR count). The number of nitrogens with zero attached hydrogens (tertiary/aromatic N) is 1. The maximum Gasteiger partial charge on any atom is 0.124 e. The molecule has 0 bridgehead atoms. The molecule has 0 saturated carbocycles. The van der Waals surface area contributed by atoms with E-state index in [0.29, 0.717) is 6.54 Å². The molecule has 0 spiro atoms. The van der Waals surface area contributed by atoms with Crippen molar-refractivity contribution in [3.8, 4) is 0 Å². The second-order valence-electron chi connectivity index (χ2n) is 4.33. The van der Waals surface area contributed by atoms with Crippen molar-refractivity contribution in [3.63, 3.8) is 0 Å². The lowest BCUT2D eigenvalue weighted by Gasteiger charge is -2.17. The molecule has 0 aliphatic heterocycles. The van der Waals surface area contributed by atoms with Crippen LogP contribution in [0.3, 0.4) is 0 Å². The molecule has 0 fully saturated rings. The third kappa shape index (κ3) is 5.94. The third-order valence-corrected chi connectivity index (χ3v) is 3.43. The van der Waals surface area contributed by atoms with Crippen molar-refractivity contribution in [3.05, 3.63) is 34.1 Å². The molecule has 0 unspecified atom stereocenters. The standard InChI is InChI=1S/C14H22BrFN2/c1-3-18(4-2)7-5-6-17-11-12-8-13(15)10-14(16)9-12/h8-10,17H,3-7,11H2,1-2H3. The Morgan fingerprint density at radius 1 is 1.22 bits per heavy atom. The van der Waals surface area contributed by atoms with Gasteiger partial charge in [-0.05, 0) is 56.4 Å².